The van der Waals surface area contributed by atoms with E-state index in [0.717, 1.165) is 28.6 Å². The van der Waals surface area contributed by atoms with E-state index in [1.807, 2.05) is 29.8 Å². The maximum absolute atomic E-state index is 13.4. The normalized spacial score (nSPS) is 12.6. The highest BCUT2D eigenvalue weighted by Crippen LogP contribution is 2.30. The minimum Gasteiger partial charge on any atom is -0.488 e. The van der Waals surface area contributed by atoms with Crippen LogP contribution in [-0.2, 0) is 13.0 Å². The van der Waals surface area contributed by atoms with Crippen molar-refractivity contribution in [3.63, 3.8) is 0 Å². The molecule has 0 aliphatic rings. The molecule has 1 atom stereocenters. The number of primary amides is 1. The molecule has 196 valence electrons. The van der Waals surface area contributed by atoms with Gasteiger partial charge >= 0.3 is 6.18 Å². The summed E-state index contributed by atoms with van der Waals surface area (Å²) < 4.78 is 62.8. The summed E-state index contributed by atoms with van der Waals surface area (Å²) in [5, 5.41) is 13.2. The van der Waals surface area contributed by atoms with Gasteiger partial charge in [-0.2, -0.15) is 13.2 Å². The summed E-state index contributed by atoms with van der Waals surface area (Å²) in [7, 11) is 0. The number of alkyl halides is 3. The van der Waals surface area contributed by atoms with Crippen molar-refractivity contribution in [2.75, 3.05) is 26.4 Å². The highest BCUT2D eigenvalue weighted by atomic mass is 19.4. The fourth-order valence-electron chi connectivity index (χ4n) is 3.91. The molecule has 11 heteroatoms. The minimum atomic E-state index is -4.56. The van der Waals surface area contributed by atoms with Crippen LogP contribution in [0.5, 0.6) is 11.5 Å². The van der Waals surface area contributed by atoms with Crippen LogP contribution in [0.4, 0.5) is 17.6 Å². The Morgan fingerprint density at radius 2 is 1.94 bits per heavy atom. The standard InChI is InChI=1S/C25H29F4N3O4/c1-16(31-6-10-35-21-4-3-19(26)14-22(21)36-15-25(27,28)29)11-17-12-18-5-8-32(7-2-9-33)23(18)20(13-17)24(30)34/h3-5,8,12-14,16,31,33H,2,6-7,9-11,15H2,1H3,(H2,30,34)/t16-/m1/s1. The number of amides is 1. The maximum atomic E-state index is 13.4. The molecule has 0 bridgehead atoms. The number of nitrogens with one attached hydrogen (secondary N) is 1. The molecule has 4 N–H and O–H groups in total. The average molecular weight is 512 g/mol. The number of aryl methyl sites for hydroxylation is 1. The number of carbonyl (C=O) groups excluding carboxylic acids is 1. The summed E-state index contributed by atoms with van der Waals surface area (Å²) in [4.78, 5) is 12.1. The lowest BCUT2D eigenvalue weighted by atomic mass is 10.0. The third kappa shape index (κ3) is 7.59. The van der Waals surface area contributed by atoms with Gasteiger partial charge in [0.15, 0.2) is 18.1 Å². The number of fused-ring (bicyclic) bond motifs is 1. The first-order valence-electron chi connectivity index (χ1n) is 11.4. The van der Waals surface area contributed by atoms with E-state index >= 15 is 0 Å². The van der Waals surface area contributed by atoms with Gasteiger partial charge in [-0.15, -0.1) is 0 Å². The molecular formula is C25H29F4N3O4. The maximum Gasteiger partial charge on any atom is 0.422 e. The zero-order chi connectivity index (χ0) is 26.3. The van der Waals surface area contributed by atoms with Gasteiger partial charge < -0.3 is 30.2 Å². The SMILES string of the molecule is C[C@H](Cc1cc(C(N)=O)c2c(ccn2CCCO)c1)NCCOc1ccc(F)cc1OCC(F)(F)F. The molecule has 36 heavy (non-hydrogen) atoms. The Labute approximate surface area is 205 Å². The summed E-state index contributed by atoms with van der Waals surface area (Å²) in [5.41, 5.74) is 7.67. The van der Waals surface area contributed by atoms with Gasteiger partial charge in [0.2, 0.25) is 0 Å². The third-order valence-electron chi connectivity index (χ3n) is 5.43. The van der Waals surface area contributed by atoms with Crippen LogP contribution in [0.1, 0.15) is 29.3 Å². The number of carbonyl (C=O) groups is 1. The molecule has 0 aliphatic carbocycles. The highest BCUT2D eigenvalue weighted by molar-refractivity contribution is 6.05. The number of nitrogens with zero attached hydrogens (tertiary/aromatic N) is 1. The van der Waals surface area contributed by atoms with Crippen LogP contribution in [0.2, 0.25) is 0 Å². The molecule has 0 fully saturated rings. The third-order valence-corrected chi connectivity index (χ3v) is 5.43. The molecule has 3 rings (SSSR count). The zero-order valence-electron chi connectivity index (χ0n) is 19.8. The Hall–Kier alpha value is -3.31. The van der Waals surface area contributed by atoms with Gasteiger partial charge in [-0.05, 0) is 55.7 Å². The Morgan fingerprint density at radius 3 is 2.64 bits per heavy atom. The minimum absolute atomic E-state index is 0.0114. The topological polar surface area (TPSA) is 98.7 Å². The van der Waals surface area contributed by atoms with E-state index in [1.54, 1.807) is 6.07 Å². The predicted molar refractivity (Wildman–Crippen MR) is 127 cm³/mol. The van der Waals surface area contributed by atoms with Gasteiger partial charge in [-0.1, -0.05) is 0 Å². The zero-order valence-corrected chi connectivity index (χ0v) is 19.8. The molecule has 0 aliphatic heterocycles. The summed E-state index contributed by atoms with van der Waals surface area (Å²) in [6, 6.07) is 8.76. The number of hydrogen-bond acceptors (Lipinski definition) is 5. The Morgan fingerprint density at radius 1 is 1.17 bits per heavy atom. The lowest BCUT2D eigenvalue weighted by Crippen LogP contribution is -2.32. The number of ether oxygens (including phenoxy) is 2. The van der Waals surface area contributed by atoms with Crippen LogP contribution in [0.15, 0.2) is 42.6 Å². The van der Waals surface area contributed by atoms with Crippen LogP contribution < -0.4 is 20.5 Å². The summed E-state index contributed by atoms with van der Waals surface area (Å²) in [5.74, 6) is -1.58. The molecular weight excluding hydrogens is 482 g/mol. The molecule has 0 radical (unpaired) electrons. The lowest BCUT2D eigenvalue weighted by Gasteiger charge is -2.17. The van der Waals surface area contributed by atoms with Crippen molar-refractivity contribution in [1.82, 2.24) is 9.88 Å². The number of benzene rings is 2. The first-order chi connectivity index (χ1) is 17.1. The molecule has 1 heterocycles. The second-order valence-corrected chi connectivity index (χ2v) is 8.43. The molecule has 7 nitrogen and oxygen atoms in total. The second-order valence-electron chi connectivity index (χ2n) is 8.43. The smallest absolute Gasteiger partial charge is 0.422 e. The molecule has 1 aromatic heterocycles. The van der Waals surface area contributed by atoms with Gasteiger partial charge in [0.05, 0.1) is 11.1 Å². The van der Waals surface area contributed by atoms with E-state index < -0.39 is 24.5 Å². The van der Waals surface area contributed by atoms with E-state index in [1.165, 1.54) is 6.07 Å². The average Bonchev–Trinajstić information content (AvgIpc) is 3.21. The molecule has 1 amide bonds. The quantitative estimate of drug-likeness (QED) is 0.240. The first kappa shape index (κ1) is 27.3. The number of aliphatic hydroxyl groups is 1. The number of rotatable bonds is 13. The van der Waals surface area contributed by atoms with E-state index in [2.05, 4.69) is 10.1 Å². The molecule has 3 aromatic rings. The first-order valence-corrected chi connectivity index (χ1v) is 11.4. The number of halogens is 4. The molecule has 0 saturated heterocycles. The van der Waals surface area contributed by atoms with Gasteiger partial charge in [0.25, 0.3) is 5.91 Å². The van der Waals surface area contributed by atoms with Crippen molar-refractivity contribution in [2.24, 2.45) is 5.73 Å². The number of aliphatic hydroxyl groups excluding tert-OH is 1. The monoisotopic (exact) mass is 511 g/mol. The van der Waals surface area contributed by atoms with Gasteiger partial charge in [-0.3, -0.25) is 4.79 Å². The molecule has 0 unspecified atom stereocenters. The van der Waals surface area contributed by atoms with Crippen molar-refractivity contribution in [1.29, 1.82) is 0 Å². The van der Waals surface area contributed by atoms with Crippen molar-refractivity contribution in [3.05, 3.63) is 59.5 Å². The van der Waals surface area contributed by atoms with Gasteiger partial charge in [0.1, 0.15) is 12.4 Å². The largest absolute Gasteiger partial charge is 0.488 e. The van der Waals surface area contributed by atoms with Crippen LogP contribution in [0.25, 0.3) is 10.9 Å². The van der Waals surface area contributed by atoms with Crippen LogP contribution in [0, 0.1) is 5.82 Å². The fourth-order valence-corrected chi connectivity index (χ4v) is 3.91. The molecule has 2 aromatic carbocycles. The van der Waals surface area contributed by atoms with Crippen LogP contribution in [-0.4, -0.2) is 54.2 Å². The van der Waals surface area contributed by atoms with Gasteiger partial charge in [0, 0.05) is 43.4 Å². The number of aromatic nitrogens is 1. The van der Waals surface area contributed by atoms with Crippen molar-refractivity contribution in [3.8, 4) is 11.5 Å². The van der Waals surface area contributed by atoms with E-state index in [-0.39, 0.29) is 30.8 Å². The van der Waals surface area contributed by atoms with Crippen molar-refractivity contribution >= 4 is 16.8 Å². The van der Waals surface area contributed by atoms with Gasteiger partial charge in [-0.25, -0.2) is 4.39 Å². The van der Waals surface area contributed by atoms with Crippen LogP contribution >= 0.6 is 0 Å². The lowest BCUT2D eigenvalue weighted by molar-refractivity contribution is -0.153. The summed E-state index contributed by atoms with van der Waals surface area (Å²) in [6.45, 7) is 1.46. The number of nitrogens with two attached hydrogens (primary N) is 1. The Balaban J connectivity index is 1.58. The molecule has 0 spiro atoms. The predicted octanol–water partition coefficient (Wildman–Crippen LogP) is 3.80. The Bertz CT molecular complexity index is 1180. The Kier molecular flexibility index (Phi) is 9.16. The summed E-state index contributed by atoms with van der Waals surface area (Å²) >= 11 is 0. The highest BCUT2D eigenvalue weighted by Gasteiger charge is 2.29. The second kappa shape index (κ2) is 12.1. The number of hydrogen-bond donors (Lipinski definition) is 3. The van der Waals surface area contributed by atoms with Crippen molar-refractivity contribution in [2.45, 2.75) is 38.5 Å². The van der Waals surface area contributed by atoms with E-state index in [0.29, 0.717) is 31.5 Å². The fraction of sp³-hybridized carbons (Fsp3) is 0.400. The van der Waals surface area contributed by atoms with E-state index in [4.69, 9.17) is 15.6 Å². The molecule has 0 saturated carbocycles. The van der Waals surface area contributed by atoms with Crippen LogP contribution in [0.3, 0.4) is 0 Å². The summed E-state index contributed by atoms with van der Waals surface area (Å²) in [6.07, 6.45) is -1.56. The van der Waals surface area contributed by atoms with Crippen molar-refractivity contribution < 1.29 is 36.9 Å². The van der Waals surface area contributed by atoms with E-state index in [9.17, 15) is 22.4 Å².